The van der Waals surface area contributed by atoms with Crippen LogP contribution in [-0.4, -0.2) is 26.0 Å². The predicted octanol–water partition coefficient (Wildman–Crippen LogP) is 6.50. The van der Waals surface area contributed by atoms with E-state index in [9.17, 15) is 9.59 Å². The number of amides is 1. The molecule has 0 N–H and O–H groups in total. The van der Waals surface area contributed by atoms with Crippen molar-refractivity contribution in [1.82, 2.24) is 0 Å². The second kappa shape index (κ2) is 11.4. The summed E-state index contributed by atoms with van der Waals surface area (Å²) in [5.41, 5.74) is 3.96. The van der Waals surface area contributed by atoms with E-state index in [2.05, 4.69) is 6.58 Å². The Bertz CT molecular complexity index is 1420. The van der Waals surface area contributed by atoms with E-state index in [0.29, 0.717) is 16.8 Å². The fourth-order valence-electron chi connectivity index (χ4n) is 3.87. The summed E-state index contributed by atoms with van der Waals surface area (Å²) in [4.78, 5) is 28.6. The molecule has 0 aromatic heterocycles. The molecule has 0 saturated carbocycles. The Morgan fingerprint density at radius 2 is 1.54 bits per heavy atom. The van der Waals surface area contributed by atoms with Crippen LogP contribution in [-0.2, 0) is 11.3 Å². The summed E-state index contributed by atoms with van der Waals surface area (Å²) < 4.78 is 20.6. The van der Waals surface area contributed by atoms with Gasteiger partial charge < -0.3 is 14.5 Å². The molecule has 0 saturated heterocycles. The number of halogens is 1. The zero-order valence-corrected chi connectivity index (χ0v) is 20.7. The molecule has 0 aliphatic rings. The molecule has 0 unspecified atom stereocenters. The molecule has 0 bridgehead atoms. The SMILES string of the molecule is C=CC(=O)Oc1cccc(N(Cc2ccc(-c3ccc(N(C)C)cc3)cc2F)C(=O)c2ccccc2)c1. The van der Waals surface area contributed by atoms with Gasteiger partial charge in [-0.15, -0.1) is 0 Å². The lowest BCUT2D eigenvalue weighted by atomic mass is 10.0. The molecule has 6 heteroatoms. The monoisotopic (exact) mass is 494 g/mol. The highest BCUT2D eigenvalue weighted by atomic mass is 19.1. The average Bonchev–Trinajstić information content (AvgIpc) is 2.92. The summed E-state index contributed by atoms with van der Waals surface area (Å²) in [5.74, 6) is -1.09. The van der Waals surface area contributed by atoms with E-state index >= 15 is 4.39 Å². The molecule has 4 aromatic rings. The lowest BCUT2D eigenvalue weighted by molar-refractivity contribution is -0.128. The van der Waals surface area contributed by atoms with Crippen molar-refractivity contribution in [3.63, 3.8) is 0 Å². The second-order valence-electron chi connectivity index (χ2n) is 8.63. The molecular formula is C31H27FN2O3. The molecule has 4 rings (SSSR count). The van der Waals surface area contributed by atoms with Crippen molar-refractivity contribution in [3.05, 3.63) is 127 Å². The van der Waals surface area contributed by atoms with Crippen LogP contribution in [0.1, 0.15) is 15.9 Å². The van der Waals surface area contributed by atoms with Crippen molar-refractivity contribution >= 4 is 23.3 Å². The molecule has 0 aliphatic heterocycles. The van der Waals surface area contributed by atoms with Crippen molar-refractivity contribution < 1.29 is 18.7 Å². The van der Waals surface area contributed by atoms with E-state index in [1.54, 1.807) is 54.6 Å². The first kappa shape index (κ1) is 25.4. The summed E-state index contributed by atoms with van der Waals surface area (Å²) in [7, 11) is 3.93. The number of carbonyl (C=O) groups is 2. The lowest BCUT2D eigenvalue weighted by Gasteiger charge is -2.24. The van der Waals surface area contributed by atoms with Gasteiger partial charge in [0.1, 0.15) is 11.6 Å². The quantitative estimate of drug-likeness (QED) is 0.159. The van der Waals surface area contributed by atoms with Crippen LogP contribution in [0.4, 0.5) is 15.8 Å². The lowest BCUT2D eigenvalue weighted by Crippen LogP contribution is -2.30. The van der Waals surface area contributed by atoms with Gasteiger partial charge >= 0.3 is 5.97 Å². The van der Waals surface area contributed by atoms with Gasteiger partial charge in [-0.05, 0) is 53.6 Å². The molecule has 0 spiro atoms. The van der Waals surface area contributed by atoms with Crippen molar-refractivity contribution in [2.24, 2.45) is 0 Å². The smallest absolute Gasteiger partial charge is 0.335 e. The number of ether oxygens (including phenoxy) is 1. The van der Waals surface area contributed by atoms with Gasteiger partial charge in [0.05, 0.1) is 6.54 Å². The minimum Gasteiger partial charge on any atom is -0.423 e. The van der Waals surface area contributed by atoms with Crippen molar-refractivity contribution in [3.8, 4) is 16.9 Å². The maximum absolute atomic E-state index is 15.4. The van der Waals surface area contributed by atoms with Gasteiger partial charge in [-0.3, -0.25) is 4.79 Å². The summed E-state index contributed by atoms with van der Waals surface area (Å²) in [6.45, 7) is 3.39. The van der Waals surface area contributed by atoms with E-state index in [4.69, 9.17) is 4.74 Å². The maximum Gasteiger partial charge on any atom is 0.335 e. The first-order valence-electron chi connectivity index (χ1n) is 11.7. The first-order chi connectivity index (χ1) is 17.9. The molecule has 4 aromatic carbocycles. The molecular weight excluding hydrogens is 467 g/mol. The minimum absolute atomic E-state index is 0.0156. The normalized spacial score (nSPS) is 10.5. The second-order valence-corrected chi connectivity index (χ2v) is 8.63. The molecule has 0 fully saturated rings. The van der Waals surface area contributed by atoms with Crippen LogP contribution in [0.15, 0.2) is 110 Å². The van der Waals surface area contributed by atoms with Crippen molar-refractivity contribution in [2.45, 2.75) is 6.54 Å². The highest BCUT2D eigenvalue weighted by Gasteiger charge is 2.21. The third kappa shape index (κ3) is 6.11. The Balaban J connectivity index is 1.67. The number of carbonyl (C=O) groups excluding carboxylic acids is 2. The molecule has 5 nitrogen and oxygen atoms in total. The van der Waals surface area contributed by atoms with Crippen LogP contribution in [0, 0.1) is 5.82 Å². The van der Waals surface area contributed by atoms with E-state index in [-0.39, 0.29) is 18.2 Å². The minimum atomic E-state index is -0.613. The Morgan fingerprint density at radius 1 is 0.838 bits per heavy atom. The van der Waals surface area contributed by atoms with Crippen molar-refractivity contribution in [2.75, 3.05) is 23.9 Å². The van der Waals surface area contributed by atoms with Gasteiger partial charge in [-0.2, -0.15) is 0 Å². The number of anilines is 2. The van der Waals surface area contributed by atoms with Crippen LogP contribution < -0.4 is 14.5 Å². The highest BCUT2D eigenvalue weighted by Crippen LogP contribution is 2.28. The fourth-order valence-corrected chi connectivity index (χ4v) is 3.87. The largest absolute Gasteiger partial charge is 0.423 e. The Hall–Kier alpha value is -4.71. The molecule has 0 radical (unpaired) electrons. The fraction of sp³-hybridized carbons (Fsp3) is 0.0968. The number of nitrogens with zero attached hydrogens (tertiary/aromatic N) is 2. The van der Waals surface area contributed by atoms with E-state index < -0.39 is 11.8 Å². The third-order valence-corrected chi connectivity index (χ3v) is 5.88. The predicted molar refractivity (Wildman–Crippen MR) is 145 cm³/mol. The van der Waals surface area contributed by atoms with Crippen LogP contribution in [0.5, 0.6) is 5.75 Å². The third-order valence-electron chi connectivity index (χ3n) is 5.88. The molecule has 0 atom stereocenters. The van der Waals surface area contributed by atoms with E-state index in [1.165, 1.54) is 11.0 Å². The molecule has 0 heterocycles. The first-order valence-corrected chi connectivity index (χ1v) is 11.7. The summed E-state index contributed by atoms with van der Waals surface area (Å²) in [6.07, 6.45) is 1.06. The van der Waals surface area contributed by atoms with Crippen LogP contribution in [0.2, 0.25) is 0 Å². The molecule has 186 valence electrons. The van der Waals surface area contributed by atoms with Gasteiger partial charge in [0, 0.05) is 48.7 Å². The Labute approximate surface area is 216 Å². The molecule has 1 amide bonds. The van der Waals surface area contributed by atoms with E-state index in [1.807, 2.05) is 55.4 Å². The van der Waals surface area contributed by atoms with E-state index in [0.717, 1.165) is 22.9 Å². The standard InChI is InChI=1S/C31H27FN2O3/c1-4-30(35)37-28-12-8-11-27(20-28)34(31(36)23-9-6-5-7-10-23)21-25-14-13-24(19-29(25)32)22-15-17-26(18-16-22)33(2)3/h4-20H,1,21H2,2-3H3. The number of rotatable bonds is 8. The van der Waals surface area contributed by atoms with Crippen LogP contribution in [0.3, 0.4) is 0 Å². The Kier molecular flexibility index (Phi) is 7.79. The van der Waals surface area contributed by atoms with Gasteiger partial charge in [0.2, 0.25) is 0 Å². The van der Waals surface area contributed by atoms with Crippen LogP contribution >= 0.6 is 0 Å². The van der Waals surface area contributed by atoms with Gasteiger partial charge in [-0.25, -0.2) is 9.18 Å². The summed E-state index contributed by atoms with van der Waals surface area (Å²) in [6, 6.07) is 28.2. The van der Waals surface area contributed by atoms with Crippen molar-refractivity contribution in [1.29, 1.82) is 0 Å². The zero-order valence-electron chi connectivity index (χ0n) is 20.7. The summed E-state index contributed by atoms with van der Waals surface area (Å²) >= 11 is 0. The number of hydrogen-bond donors (Lipinski definition) is 0. The highest BCUT2D eigenvalue weighted by molar-refractivity contribution is 6.06. The molecule has 0 aliphatic carbocycles. The summed E-state index contributed by atoms with van der Waals surface area (Å²) in [5, 5.41) is 0. The van der Waals surface area contributed by atoms with Gasteiger partial charge in [0.25, 0.3) is 5.91 Å². The molecule has 37 heavy (non-hydrogen) atoms. The van der Waals surface area contributed by atoms with Gasteiger partial charge in [-0.1, -0.05) is 55.1 Å². The maximum atomic E-state index is 15.4. The van der Waals surface area contributed by atoms with Crippen LogP contribution in [0.25, 0.3) is 11.1 Å². The number of hydrogen-bond acceptors (Lipinski definition) is 4. The van der Waals surface area contributed by atoms with Gasteiger partial charge in [0.15, 0.2) is 0 Å². The topological polar surface area (TPSA) is 49.9 Å². The zero-order chi connectivity index (χ0) is 26.4. The Morgan fingerprint density at radius 3 is 2.19 bits per heavy atom. The average molecular weight is 495 g/mol. The number of esters is 1. The number of benzene rings is 4.